The predicted octanol–water partition coefficient (Wildman–Crippen LogP) is 4.22. The van der Waals surface area contributed by atoms with Gasteiger partial charge in [0.1, 0.15) is 0 Å². The molecule has 1 aromatic rings. The van der Waals surface area contributed by atoms with Gasteiger partial charge in [0.2, 0.25) is 0 Å². The van der Waals surface area contributed by atoms with Crippen LogP contribution in [0.15, 0.2) is 18.2 Å². The maximum atomic E-state index is 13.3. The van der Waals surface area contributed by atoms with Crippen molar-refractivity contribution < 1.29 is 13.2 Å². The molecule has 2 nitrogen and oxygen atoms in total. The first kappa shape index (κ1) is 17.8. The molecule has 120 valence electrons. The van der Waals surface area contributed by atoms with Gasteiger partial charge in [-0.2, -0.15) is 13.2 Å². The third-order valence-corrected chi connectivity index (χ3v) is 3.43. The predicted molar refractivity (Wildman–Crippen MR) is 81.6 cm³/mol. The summed E-state index contributed by atoms with van der Waals surface area (Å²) in [6.07, 6.45) is -0.932. The summed E-state index contributed by atoms with van der Waals surface area (Å²) in [5.41, 5.74) is 5.97. The molecule has 1 aromatic carbocycles. The summed E-state index contributed by atoms with van der Waals surface area (Å²) < 4.78 is 39.8. The topological polar surface area (TPSA) is 29.3 Å². The van der Waals surface area contributed by atoms with Crippen LogP contribution in [0.25, 0.3) is 0 Å². The van der Waals surface area contributed by atoms with Crippen LogP contribution in [0, 0.1) is 0 Å². The van der Waals surface area contributed by atoms with E-state index < -0.39 is 11.7 Å². The fraction of sp³-hybridized carbons (Fsp3) is 0.625. The van der Waals surface area contributed by atoms with E-state index in [1.165, 1.54) is 6.07 Å². The smallest absolute Gasteiger partial charge is 0.374 e. The van der Waals surface area contributed by atoms with Gasteiger partial charge < -0.3 is 10.6 Å². The van der Waals surface area contributed by atoms with Crippen molar-refractivity contribution in [1.82, 2.24) is 0 Å². The van der Waals surface area contributed by atoms with Crippen LogP contribution in [0.1, 0.15) is 44.2 Å². The lowest BCUT2D eigenvalue weighted by Crippen LogP contribution is -2.23. The van der Waals surface area contributed by atoms with Crippen molar-refractivity contribution in [3.8, 4) is 0 Å². The largest absolute Gasteiger partial charge is 0.418 e. The van der Waals surface area contributed by atoms with Crippen LogP contribution in [-0.4, -0.2) is 19.6 Å². The highest BCUT2D eigenvalue weighted by atomic mass is 19.4. The van der Waals surface area contributed by atoms with E-state index in [1.807, 2.05) is 0 Å². The van der Waals surface area contributed by atoms with Crippen LogP contribution in [0.4, 0.5) is 18.9 Å². The first-order valence-electron chi connectivity index (χ1n) is 7.42. The van der Waals surface area contributed by atoms with Gasteiger partial charge in [0.25, 0.3) is 0 Å². The second kappa shape index (κ2) is 7.69. The monoisotopic (exact) mass is 302 g/mol. The molecular formula is C16H25F3N2. The van der Waals surface area contributed by atoms with Crippen molar-refractivity contribution in [1.29, 1.82) is 0 Å². The lowest BCUT2D eigenvalue weighted by atomic mass is 10.0. The summed E-state index contributed by atoms with van der Waals surface area (Å²) in [6.45, 7) is 4.49. The van der Waals surface area contributed by atoms with Gasteiger partial charge in [-0.15, -0.1) is 0 Å². The molecule has 0 aromatic heterocycles. The van der Waals surface area contributed by atoms with Gasteiger partial charge in [-0.05, 0) is 37.5 Å². The van der Waals surface area contributed by atoms with E-state index in [0.29, 0.717) is 18.5 Å². The van der Waals surface area contributed by atoms with Gasteiger partial charge in [-0.25, -0.2) is 0 Å². The summed E-state index contributed by atoms with van der Waals surface area (Å²) in [7, 11) is 1.71. The molecule has 2 N–H and O–H groups in total. The Morgan fingerprint density at radius 3 is 2.43 bits per heavy atom. The van der Waals surface area contributed by atoms with Gasteiger partial charge in [-0.1, -0.05) is 25.8 Å². The maximum Gasteiger partial charge on any atom is 0.418 e. The molecule has 1 rings (SSSR count). The Morgan fingerprint density at radius 1 is 1.24 bits per heavy atom. The zero-order valence-corrected chi connectivity index (χ0v) is 13.0. The van der Waals surface area contributed by atoms with Gasteiger partial charge in [-0.3, -0.25) is 0 Å². The molecule has 0 fully saturated rings. The number of nitrogens with zero attached hydrogens (tertiary/aromatic N) is 1. The van der Waals surface area contributed by atoms with Gasteiger partial charge in [0.15, 0.2) is 0 Å². The Hall–Kier alpha value is -1.23. The van der Waals surface area contributed by atoms with Gasteiger partial charge >= 0.3 is 6.18 Å². The van der Waals surface area contributed by atoms with E-state index in [9.17, 15) is 13.2 Å². The number of benzene rings is 1. The molecule has 0 heterocycles. The molecule has 0 aliphatic heterocycles. The minimum Gasteiger partial charge on any atom is -0.374 e. The molecule has 0 bridgehead atoms. The number of unbranched alkanes of at least 4 members (excludes halogenated alkanes) is 2. The minimum atomic E-state index is -4.35. The number of rotatable bonds is 7. The van der Waals surface area contributed by atoms with Crippen LogP contribution >= 0.6 is 0 Å². The van der Waals surface area contributed by atoms with Crippen molar-refractivity contribution in [3.05, 3.63) is 29.3 Å². The lowest BCUT2D eigenvalue weighted by Gasteiger charge is -2.24. The van der Waals surface area contributed by atoms with E-state index >= 15 is 0 Å². The Kier molecular flexibility index (Phi) is 6.52. The highest BCUT2D eigenvalue weighted by Gasteiger charge is 2.34. The van der Waals surface area contributed by atoms with Crippen molar-refractivity contribution >= 4 is 5.69 Å². The van der Waals surface area contributed by atoms with Gasteiger partial charge in [0, 0.05) is 25.3 Å². The van der Waals surface area contributed by atoms with E-state index in [4.69, 9.17) is 5.73 Å². The molecule has 0 saturated carbocycles. The first-order chi connectivity index (χ1) is 9.75. The normalized spacial score (nSPS) is 13.3. The molecule has 1 atom stereocenters. The van der Waals surface area contributed by atoms with E-state index in [1.54, 1.807) is 31.0 Å². The van der Waals surface area contributed by atoms with Crippen LogP contribution in [0.2, 0.25) is 0 Å². The number of hydrogen-bond acceptors (Lipinski definition) is 2. The average Bonchev–Trinajstić information content (AvgIpc) is 2.37. The quantitative estimate of drug-likeness (QED) is 0.764. The van der Waals surface area contributed by atoms with E-state index in [-0.39, 0.29) is 11.7 Å². The van der Waals surface area contributed by atoms with E-state index in [0.717, 1.165) is 19.3 Å². The fourth-order valence-electron chi connectivity index (χ4n) is 2.36. The maximum absolute atomic E-state index is 13.3. The van der Waals surface area contributed by atoms with Crippen LogP contribution in [0.5, 0.6) is 0 Å². The highest BCUT2D eigenvalue weighted by molar-refractivity contribution is 5.56. The minimum absolute atomic E-state index is 0.154. The zero-order valence-electron chi connectivity index (χ0n) is 13.0. The van der Waals surface area contributed by atoms with Crippen LogP contribution < -0.4 is 10.6 Å². The molecule has 21 heavy (non-hydrogen) atoms. The van der Waals surface area contributed by atoms with Crippen molar-refractivity contribution in [2.24, 2.45) is 5.73 Å². The number of halogens is 3. The molecule has 0 spiro atoms. The standard InChI is InChI=1S/C16H25F3N2/c1-4-5-6-9-21(3)15-8-7-13(10-12(2)20)11-14(15)16(17,18)19/h7-8,11-12H,4-6,9-10,20H2,1-3H3. The van der Waals surface area contributed by atoms with Crippen molar-refractivity contribution in [3.63, 3.8) is 0 Å². The molecule has 0 radical (unpaired) electrons. The second-order valence-corrected chi connectivity index (χ2v) is 5.66. The summed E-state index contributed by atoms with van der Waals surface area (Å²) >= 11 is 0. The molecule has 5 heteroatoms. The number of alkyl halides is 3. The Balaban J connectivity index is 3.02. The van der Waals surface area contributed by atoms with E-state index in [2.05, 4.69) is 6.92 Å². The Morgan fingerprint density at radius 2 is 1.90 bits per heavy atom. The van der Waals surface area contributed by atoms with Crippen molar-refractivity contribution in [2.75, 3.05) is 18.5 Å². The average molecular weight is 302 g/mol. The number of nitrogens with two attached hydrogens (primary N) is 1. The number of anilines is 1. The number of hydrogen-bond donors (Lipinski definition) is 1. The molecule has 1 unspecified atom stereocenters. The molecular weight excluding hydrogens is 277 g/mol. The molecule has 0 aliphatic carbocycles. The second-order valence-electron chi connectivity index (χ2n) is 5.66. The SMILES string of the molecule is CCCCCN(C)c1ccc(CC(C)N)cc1C(F)(F)F. The molecule has 0 saturated heterocycles. The van der Waals surface area contributed by atoms with Gasteiger partial charge in [0.05, 0.1) is 5.56 Å². The molecule has 0 amide bonds. The highest BCUT2D eigenvalue weighted by Crippen LogP contribution is 2.37. The molecule has 0 aliphatic rings. The first-order valence-corrected chi connectivity index (χ1v) is 7.42. The Labute approximate surface area is 125 Å². The zero-order chi connectivity index (χ0) is 16.0. The third-order valence-electron chi connectivity index (χ3n) is 3.43. The summed E-state index contributed by atoms with van der Waals surface area (Å²) in [6, 6.07) is 4.38. The fourth-order valence-corrected chi connectivity index (χ4v) is 2.36. The summed E-state index contributed by atoms with van der Waals surface area (Å²) in [4.78, 5) is 1.69. The lowest BCUT2D eigenvalue weighted by molar-refractivity contribution is -0.137. The van der Waals surface area contributed by atoms with Crippen molar-refractivity contribution in [2.45, 2.75) is 51.7 Å². The summed E-state index contributed by atoms with van der Waals surface area (Å²) in [5, 5.41) is 0. The van der Waals surface area contributed by atoms with Crippen LogP contribution in [0.3, 0.4) is 0 Å². The Bertz CT molecular complexity index is 442. The van der Waals surface area contributed by atoms with Crippen LogP contribution in [-0.2, 0) is 12.6 Å². The summed E-state index contributed by atoms with van der Waals surface area (Å²) in [5.74, 6) is 0. The third kappa shape index (κ3) is 5.58.